The standard InChI is InChI=1S/C82H58F20N6O2/c1-79(2,3)31-25-29(26-32(77(31)109)80(4,5)6)47-35-13-17-39(103-35)49(53-57(83)65(91)73(99)66(92)58(53)84)43-21-23-45(107-43)51(55-61(87)69(95)75(101)70(96)62(55)88)41-19-15-37(105-41)48(30-27-33(81(7,8)9)78(110)34(28-30)82(10,11)12)38-16-20-42(106-38)52(56-63(89)71(97)76(102)72(98)64(56)90)46-24-22-44(108-46)50(40-18-14-36(47)104-40)54-59(85)67(93)74(100)68(94)60(54)86/h13-28,103-105,108-110H,1-12H3. The molecule has 568 valence electrons. The monoisotopic (exact) mass is 1540 g/mol. The van der Waals surface area contributed by atoms with Gasteiger partial charge >= 0.3 is 0 Å². The van der Waals surface area contributed by atoms with Crippen molar-refractivity contribution in [2.24, 2.45) is 9.98 Å². The largest absolute Gasteiger partial charge is 0.507 e. The van der Waals surface area contributed by atoms with E-state index in [1.165, 1.54) is 24.3 Å². The summed E-state index contributed by atoms with van der Waals surface area (Å²) in [5.74, 6) is -51.5. The third kappa shape index (κ3) is 12.4. The minimum atomic E-state index is -2.66. The molecule has 10 aromatic rings. The summed E-state index contributed by atoms with van der Waals surface area (Å²) in [5, 5.41) is 22.2. The number of phenolic OH excluding ortho intramolecular Hbond substituents is 2. The molecule has 0 aliphatic carbocycles. The van der Waals surface area contributed by atoms with Gasteiger partial charge in [-0.1, -0.05) is 83.1 Å². The fourth-order valence-electron chi connectivity index (χ4n) is 13.7. The highest BCUT2D eigenvalue weighted by molar-refractivity contribution is 6.32. The summed E-state index contributed by atoms with van der Waals surface area (Å²) in [4.78, 5) is 20.3. The molecule has 6 N–H and O–H groups in total. The van der Waals surface area contributed by atoms with E-state index in [4.69, 9.17) is 4.99 Å². The van der Waals surface area contributed by atoms with Gasteiger partial charge in [0.05, 0.1) is 45.1 Å². The van der Waals surface area contributed by atoms with Crippen LogP contribution in [0.4, 0.5) is 87.8 Å². The second-order valence-electron chi connectivity index (χ2n) is 30.4. The number of phenols is 2. The maximum atomic E-state index is 17.0. The molecule has 13 rings (SSSR count). The van der Waals surface area contributed by atoms with Gasteiger partial charge in [-0.15, -0.1) is 0 Å². The number of H-pyrrole nitrogens is 4. The summed E-state index contributed by atoms with van der Waals surface area (Å²) in [5.41, 5.74) is -20.3. The molecule has 7 heterocycles. The Morgan fingerprint density at radius 1 is 0.245 bits per heavy atom. The third-order valence-electron chi connectivity index (χ3n) is 19.1. The van der Waals surface area contributed by atoms with E-state index in [0.29, 0.717) is 0 Å². The number of nitrogens with zero attached hydrogens (tertiary/aromatic N) is 2. The van der Waals surface area contributed by atoms with Gasteiger partial charge in [-0.05, 0) is 130 Å². The molecule has 0 saturated carbocycles. The Morgan fingerprint density at radius 2 is 0.464 bits per heavy atom. The number of hydrogen-bond acceptors (Lipinski definition) is 4. The lowest BCUT2D eigenvalue weighted by molar-refractivity contribution is 0.376. The van der Waals surface area contributed by atoms with Gasteiger partial charge in [0, 0.05) is 99.9 Å². The predicted molar refractivity (Wildman–Crippen MR) is 371 cm³/mol. The maximum absolute atomic E-state index is 17.0. The molecule has 6 aromatic carbocycles. The van der Waals surface area contributed by atoms with E-state index in [1.54, 1.807) is 83.1 Å². The van der Waals surface area contributed by atoms with Crippen LogP contribution in [0.25, 0.3) is 33.4 Å². The highest BCUT2D eigenvalue weighted by Gasteiger charge is 2.39. The van der Waals surface area contributed by atoms with E-state index in [9.17, 15) is 10.2 Å². The number of fused-ring (bicyclic) bond motifs is 10. The van der Waals surface area contributed by atoms with Gasteiger partial charge in [-0.25, -0.2) is 97.8 Å². The van der Waals surface area contributed by atoms with Crippen LogP contribution in [-0.4, -0.2) is 41.6 Å². The molecule has 28 heteroatoms. The molecule has 4 aromatic heterocycles. The SMILES string of the molecule is CC(C)(C)c1cc(C2=c3ccc([nH]3)=C(c3c(F)c(F)c(F)c(F)c3F)C3=NC(=C(c4c(F)c(F)c(F)c(F)c4F)c4ccc([nH]4)C(c4cc(C(C)(C)C)c(O)c(C(C)(C)C)c4)=c4ccc([nH]4)=C(c4c(F)c(F)c(F)c(F)c4F)c4ccc([nH]4)C(c4c(F)c(F)c(F)c(F)c4F)=C4C=CC2=N4)C=C3)cc(C(C)(C)C)c1O. The van der Waals surface area contributed by atoms with E-state index in [2.05, 4.69) is 24.9 Å². The van der Waals surface area contributed by atoms with Crippen LogP contribution in [0.3, 0.4) is 0 Å². The summed E-state index contributed by atoms with van der Waals surface area (Å²) in [6.45, 7) is 20.2. The number of allylic oxidation sites excluding steroid dienone is 4. The average Bonchev–Trinajstić information content (AvgIpc) is 1.56. The van der Waals surface area contributed by atoms with Crippen molar-refractivity contribution in [3.8, 4) is 11.5 Å². The van der Waals surface area contributed by atoms with Crippen molar-refractivity contribution in [3.05, 3.63) is 325 Å². The number of halogens is 20. The summed E-state index contributed by atoms with van der Waals surface area (Å²) in [7, 11) is 0. The third-order valence-corrected chi connectivity index (χ3v) is 19.1. The van der Waals surface area contributed by atoms with E-state index in [0.717, 1.165) is 72.8 Å². The highest BCUT2D eigenvalue weighted by Crippen LogP contribution is 2.47. The zero-order valence-electron chi connectivity index (χ0n) is 59.6. The fourth-order valence-corrected chi connectivity index (χ4v) is 13.7. The van der Waals surface area contributed by atoms with Crippen LogP contribution in [0.5, 0.6) is 11.5 Å². The first kappa shape index (κ1) is 76.6. The zero-order valence-corrected chi connectivity index (χ0v) is 59.6. The second kappa shape index (κ2) is 26.6. The molecule has 0 unspecified atom stereocenters. The molecule has 0 saturated heterocycles. The second-order valence-corrected chi connectivity index (χ2v) is 30.4. The first-order valence-corrected chi connectivity index (χ1v) is 33.4. The molecule has 8 nitrogen and oxygen atoms in total. The van der Waals surface area contributed by atoms with Crippen LogP contribution >= 0.6 is 0 Å². The van der Waals surface area contributed by atoms with Crippen molar-refractivity contribution in [2.75, 3.05) is 0 Å². The Kier molecular flexibility index (Phi) is 18.5. The summed E-state index contributed by atoms with van der Waals surface area (Å²) >= 11 is 0. The first-order valence-electron chi connectivity index (χ1n) is 33.4. The fraction of sp³-hybridized carbons (Fsp3) is 0.195. The van der Waals surface area contributed by atoms with Crippen molar-refractivity contribution in [1.82, 2.24) is 19.9 Å². The molecule has 0 fully saturated rings. The molecule has 0 radical (unpaired) electrons. The molecule has 0 atom stereocenters. The molecule has 3 aliphatic rings. The van der Waals surface area contributed by atoms with Crippen LogP contribution < -0.4 is 21.4 Å². The minimum absolute atomic E-state index is 0.00145. The van der Waals surface area contributed by atoms with Gasteiger partial charge in [-0.2, -0.15) is 0 Å². The van der Waals surface area contributed by atoms with Crippen molar-refractivity contribution >= 4 is 44.9 Å². The van der Waals surface area contributed by atoms with Crippen LogP contribution in [0.15, 0.2) is 118 Å². The predicted octanol–water partition coefficient (Wildman–Crippen LogP) is 18.5. The topological polar surface area (TPSA) is 128 Å². The molecular weight excluding hydrogens is 1480 g/mol. The van der Waals surface area contributed by atoms with Crippen LogP contribution in [0, 0.1) is 116 Å². The van der Waals surface area contributed by atoms with Crippen molar-refractivity contribution < 1.29 is 98.0 Å². The number of aromatic nitrogens is 4. The number of aliphatic imine (C=N–C) groups is 2. The van der Waals surface area contributed by atoms with Crippen LogP contribution in [0.2, 0.25) is 0 Å². The minimum Gasteiger partial charge on any atom is -0.507 e. The number of hydrogen-bond donors (Lipinski definition) is 6. The molecule has 110 heavy (non-hydrogen) atoms. The van der Waals surface area contributed by atoms with Crippen LogP contribution in [-0.2, 0) is 21.7 Å². The quantitative estimate of drug-likeness (QED) is 0.0563. The van der Waals surface area contributed by atoms with E-state index < -0.39 is 233 Å². The Labute approximate surface area is 611 Å². The van der Waals surface area contributed by atoms with Crippen molar-refractivity contribution in [2.45, 2.75) is 105 Å². The Bertz CT molecular complexity index is 6040. The van der Waals surface area contributed by atoms with E-state index >= 15 is 87.8 Å². The van der Waals surface area contributed by atoms with E-state index in [-0.39, 0.29) is 72.4 Å². The van der Waals surface area contributed by atoms with Crippen LogP contribution in [0.1, 0.15) is 161 Å². The van der Waals surface area contributed by atoms with E-state index in [1.807, 2.05) is 0 Å². The summed E-state index contributed by atoms with van der Waals surface area (Å²) < 4.78 is 324. The molecule has 0 spiro atoms. The lowest BCUT2D eigenvalue weighted by Gasteiger charge is -2.28. The Balaban J connectivity index is 1.29. The Hall–Kier alpha value is -11.6. The highest BCUT2D eigenvalue weighted by atomic mass is 19.2. The van der Waals surface area contributed by atoms with Gasteiger partial charge in [0.25, 0.3) is 0 Å². The van der Waals surface area contributed by atoms with Gasteiger partial charge in [0.2, 0.25) is 23.3 Å². The average molecular weight is 1540 g/mol. The maximum Gasteiger partial charge on any atom is 0.200 e. The zero-order chi connectivity index (χ0) is 80.4. The number of nitrogens with one attached hydrogen (secondary N) is 4. The smallest absolute Gasteiger partial charge is 0.200 e. The van der Waals surface area contributed by atoms with Gasteiger partial charge in [0.15, 0.2) is 93.1 Å². The molecule has 3 aliphatic heterocycles. The van der Waals surface area contributed by atoms with Crippen molar-refractivity contribution in [1.29, 1.82) is 0 Å². The number of aromatic amines is 4. The number of benzene rings is 6. The molecular formula is C82H58F20N6O2. The van der Waals surface area contributed by atoms with Crippen molar-refractivity contribution in [3.63, 3.8) is 0 Å². The number of aromatic hydroxyl groups is 2. The summed E-state index contributed by atoms with van der Waals surface area (Å²) in [6.07, 6.45) is 3.66. The lowest BCUT2D eigenvalue weighted by Crippen LogP contribution is -2.23. The molecule has 0 amide bonds. The first-order chi connectivity index (χ1) is 51.3. The Morgan fingerprint density at radius 3 is 0.764 bits per heavy atom. The number of rotatable bonds is 6. The van der Waals surface area contributed by atoms with Gasteiger partial charge < -0.3 is 30.1 Å². The lowest BCUT2D eigenvalue weighted by atomic mass is 9.77. The normalized spacial score (nSPS) is 14.5. The van der Waals surface area contributed by atoms with Gasteiger partial charge in [0.1, 0.15) is 11.5 Å². The molecule has 12 bridgehead atoms. The van der Waals surface area contributed by atoms with Gasteiger partial charge in [-0.3, -0.25) is 0 Å². The summed E-state index contributed by atoms with van der Waals surface area (Å²) in [6, 6.07) is 13.8.